The highest BCUT2D eigenvalue weighted by Gasteiger charge is 2.28. The molecule has 4 nitrogen and oxygen atoms in total. The molecule has 2 heterocycles. The maximum Gasteiger partial charge on any atom is 0.153 e. The SMILES string of the molecule is C1CCNC(c2nc(C3CC3)n[nH]2)CC1. The van der Waals surface area contributed by atoms with Gasteiger partial charge in [0.25, 0.3) is 0 Å². The Morgan fingerprint density at radius 2 is 2.00 bits per heavy atom. The first-order valence-corrected chi connectivity index (χ1v) is 6.09. The zero-order valence-electron chi connectivity index (χ0n) is 9.00. The molecular formula is C11H18N4. The van der Waals surface area contributed by atoms with Gasteiger partial charge in [0.1, 0.15) is 5.82 Å². The third kappa shape index (κ3) is 2.04. The summed E-state index contributed by atoms with van der Waals surface area (Å²) in [6, 6.07) is 0.410. The minimum absolute atomic E-state index is 0.410. The smallest absolute Gasteiger partial charge is 0.153 e. The Morgan fingerprint density at radius 1 is 1.07 bits per heavy atom. The van der Waals surface area contributed by atoms with E-state index in [1.807, 2.05) is 0 Å². The Labute approximate surface area is 89.9 Å². The van der Waals surface area contributed by atoms with E-state index in [0.717, 1.165) is 18.2 Å². The lowest BCUT2D eigenvalue weighted by Gasteiger charge is -2.11. The molecular weight excluding hydrogens is 188 g/mol. The number of rotatable bonds is 2. The minimum atomic E-state index is 0.410. The zero-order chi connectivity index (χ0) is 10.1. The van der Waals surface area contributed by atoms with Crippen molar-refractivity contribution in [3.63, 3.8) is 0 Å². The van der Waals surface area contributed by atoms with Gasteiger partial charge < -0.3 is 5.32 Å². The first-order chi connectivity index (χ1) is 7.43. The van der Waals surface area contributed by atoms with Gasteiger partial charge in [-0.1, -0.05) is 12.8 Å². The molecule has 1 aromatic rings. The molecule has 4 heteroatoms. The van der Waals surface area contributed by atoms with Crippen LogP contribution in [-0.2, 0) is 0 Å². The maximum atomic E-state index is 4.61. The number of hydrogen-bond donors (Lipinski definition) is 2. The third-order valence-electron chi connectivity index (χ3n) is 3.35. The fourth-order valence-electron chi connectivity index (χ4n) is 2.23. The van der Waals surface area contributed by atoms with E-state index in [4.69, 9.17) is 0 Å². The van der Waals surface area contributed by atoms with Crippen LogP contribution in [0.25, 0.3) is 0 Å². The molecule has 0 aromatic carbocycles. The molecule has 2 N–H and O–H groups in total. The van der Waals surface area contributed by atoms with Crippen molar-refractivity contribution in [1.29, 1.82) is 0 Å². The van der Waals surface area contributed by atoms with Crippen LogP contribution >= 0.6 is 0 Å². The van der Waals surface area contributed by atoms with Crippen LogP contribution in [-0.4, -0.2) is 21.7 Å². The van der Waals surface area contributed by atoms with Crippen LogP contribution in [0, 0.1) is 0 Å². The second-order valence-electron chi connectivity index (χ2n) is 4.71. The molecule has 15 heavy (non-hydrogen) atoms. The molecule has 0 amide bonds. The molecule has 0 bridgehead atoms. The standard InChI is InChI=1S/C11H18N4/c1-2-4-9(12-7-3-1)11-13-10(14-15-11)8-5-6-8/h8-9,12H,1-7H2,(H,13,14,15). The molecule has 1 aliphatic carbocycles. The van der Waals surface area contributed by atoms with Crippen LogP contribution in [0.5, 0.6) is 0 Å². The van der Waals surface area contributed by atoms with Gasteiger partial charge in [-0.05, 0) is 32.2 Å². The summed E-state index contributed by atoms with van der Waals surface area (Å²) in [5.41, 5.74) is 0. The molecule has 1 aromatic heterocycles. The van der Waals surface area contributed by atoms with E-state index >= 15 is 0 Å². The van der Waals surface area contributed by atoms with Crippen LogP contribution in [0.4, 0.5) is 0 Å². The van der Waals surface area contributed by atoms with Gasteiger partial charge >= 0.3 is 0 Å². The molecule has 1 unspecified atom stereocenters. The first kappa shape index (κ1) is 9.33. The van der Waals surface area contributed by atoms with Crippen molar-refractivity contribution >= 4 is 0 Å². The third-order valence-corrected chi connectivity index (χ3v) is 3.35. The van der Waals surface area contributed by atoms with Gasteiger partial charge in [-0.25, -0.2) is 4.98 Å². The second kappa shape index (κ2) is 3.93. The van der Waals surface area contributed by atoms with Crippen LogP contribution in [0.15, 0.2) is 0 Å². The molecule has 3 rings (SSSR count). The summed E-state index contributed by atoms with van der Waals surface area (Å²) in [7, 11) is 0. The van der Waals surface area contributed by atoms with Crippen LogP contribution < -0.4 is 5.32 Å². The summed E-state index contributed by atoms with van der Waals surface area (Å²) in [5.74, 6) is 2.75. The number of H-pyrrole nitrogens is 1. The van der Waals surface area contributed by atoms with Crippen molar-refractivity contribution in [2.75, 3.05) is 6.54 Å². The average Bonchev–Trinajstić information content (AvgIpc) is 3.04. The van der Waals surface area contributed by atoms with Gasteiger partial charge in [0.2, 0.25) is 0 Å². The van der Waals surface area contributed by atoms with Crippen LogP contribution in [0.2, 0.25) is 0 Å². The topological polar surface area (TPSA) is 53.6 Å². The quantitative estimate of drug-likeness (QED) is 0.777. The zero-order valence-corrected chi connectivity index (χ0v) is 9.00. The number of aromatic amines is 1. The van der Waals surface area contributed by atoms with Gasteiger partial charge in [-0.3, -0.25) is 5.10 Å². The van der Waals surface area contributed by atoms with Crippen molar-refractivity contribution in [1.82, 2.24) is 20.5 Å². The summed E-state index contributed by atoms with van der Waals surface area (Å²) in [6.07, 6.45) is 7.68. The van der Waals surface area contributed by atoms with E-state index in [1.165, 1.54) is 38.5 Å². The van der Waals surface area contributed by atoms with Crippen molar-refractivity contribution in [3.8, 4) is 0 Å². The predicted octanol–water partition coefficient (Wildman–Crippen LogP) is 1.89. The highest BCUT2D eigenvalue weighted by molar-refractivity contribution is 5.07. The molecule has 1 saturated carbocycles. The Morgan fingerprint density at radius 3 is 2.87 bits per heavy atom. The fraction of sp³-hybridized carbons (Fsp3) is 0.818. The van der Waals surface area contributed by atoms with E-state index in [1.54, 1.807) is 0 Å². The molecule has 0 spiro atoms. The lowest BCUT2D eigenvalue weighted by molar-refractivity contribution is 0.509. The Balaban J connectivity index is 1.72. The van der Waals surface area contributed by atoms with Gasteiger partial charge in [0.05, 0.1) is 6.04 Å². The highest BCUT2D eigenvalue weighted by Crippen LogP contribution is 2.38. The predicted molar refractivity (Wildman–Crippen MR) is 57.6 cm³/mol. The second-order valence-corrected chi connectivity index (χ2v) is 4.71. The lowest BCUT2D eigenvalue weighted by atomic mass is 10.1. The van der Waals surface area contributed by atoms with Gasteiger partial charge in [-0.15, -0.1) is 0 Å². The Hall–Kier alpha value is -0.900. The fourth-order valence-corrected chi connectivity index (χ4v) is 2.23. The van der Waals surface area contributed by atoms with E-state index < -0.39 is 0 Å². The monoisotopic (exact) mass is 206 g/mol. The Kier molecular flexibility index (Phi) is 2.44. The minimum Gasteiger partial charge on any atom is -0.307 e. The number of nitrogens with zero attached hydrogens (tertiary/aromatic N) is 2. The van der Waals surface area contributed by atoms with E-state index in [-0.39, 0.29) is 0 Å². The molecule has 2 fully saturated rings. The van der Waals surface area contributed by atoms with Gasteiger partial charge in [0, 0.05) is 5.92 Å². The van der Waals surface area contributed by atoms with Crippen LogP contribution in [0.1, 0.15) is 62.1 Å². The van der Waals surface area contributed by atoms with Crippen molar-refractivity contribution in [2.24, 2.45) is 0 Å². The van der Waals surface area contributed by atoms with Crippen molar-refractivity contribution < 1.29 is 0 Å². The molecule has 0 radical (unpaired) electrons. The Bertz CT molecular complexity index is 321. The van der Waals surface area contributed by atoms with Crippen molar-refractivity contribution in [2.45, 2.75) is 50.5 Å². The number of aromatic nitrogens is 3. The average molecular weight is 206 g/mol. The van der Waals surface area contributed by atoms with E-state index in [0.29, 0.717) is 12.0 Å². The van der Waals surface area contributed by atoms with Gasteiger partial charge in [-0.2, -0.15) is 5.10 Å². The van der Waals surface area contributed by atoms with Crippen molar-refractivity contribution in [3.05, 3.63) is 11.6 Å². The summed E-state index contributed by atoms with van der Waals surface area (Å²) in [5, 5.41) is 10.9. The first-order valence-electron chi connectivity index (χ1n) is 6.09. The molecule has 1 saturated heterocycles. The summed E-state index contributed by atoms with van der Waals surface area (Å²) in [4.78, 5) is 4.61. The van der Waals surface area contributed by atoms with E-state index in [2.05, 4.69) is 20.5 Å². The van der Waals surface area contributed by atoms with E-state index in [9.17, 15) is 0 Å². The van der Waals surface area contributed by atoms with Gasteiger partial charge in [0.15, 0.2) is 5.82 Å². The molecule has 2 aliphatic rings. The molecule has 82 valence electrons. The maximum absolute atomic E-state index is 4.61. The summed E-state index contributed by atoms with van der Waals surface area (Å²) < 4.78 is 0. The number of nitrogens with one attached hydrogen (secondary N) is 2. The molecule has 1 atom stereocenters. The highest BCUT2D eigenvalue weighted by atomic mass is 15.2. The molecule has 1 aliphatic heterocycles. The summed E-state index contributed by atoms with van der Waals surface area (Å²) >= 11 is 0. The summed E-state index contributed by atoms with van der Waals surface area (Å²) in [6.45, 7) is 1.12. The lowest BCUT2D eigenvalue weighted by Crippen LogP contribution is -2.21. The number of hydrogen-bond acceptors (Lipinski definition) is 3. The normalized spacial score (nSPS) is 27.6. The van der Waals surface area contributed by atoms with Crippen LogP contribution in [0.3, 0.4) is 0 Å². The largest absolute Gasteiger partial charge is 0.307 e.